The predicted octanol–water partition coefficient (Wildman–Crippen LogP) is 5.32. The Morgan fingerprint density at radius 1 is 0.971 bits per heavy atom. The summed E-state index contributed by atoms with van der Waals surface area (Å²) in [7, 11) is 1.51. The maximum Gasteiger partial charge on any atom is 0.335 e. The van der Waals surface area contributed by atoms with Crippen LogP contribution in [-0.4, -0.2) is 25.0 Å². The van der Waals surface area contributed by atoms with Gasteiger partial charge in [0.25, 0.3) is 11.8 Å². The Kier molecular flexibility index (Phi) is 7.02. The fourth-order valence-electron chi connectivity index (χ4n) is 3.66. The number of aryl methyl sites for hydroxylation is 1. The number of hydrogen-bond acceptors (Lipinski definition) is 5. The molecule has 35 heavy (non-hydrogen) atoms. The average molecular weight is 535 g/mol. The van der Waals surface area contributed by atoms with Crippen LogP contribution < -0.4 is 19.7 Å². The predicted molar refractivity (Wildman–Crippen MR) is 136 cm³/mol. The largest absolute Gasteiger partial charge is 0.493 e. The van der Waals surface area contributed by atoms with Gasteiger partial charge in [-0.25, -0.2) is 9.69 Å². The van der Waals surface area contributed by atoms with E-state index in [-0.39, 0.29) is 5.57 Å². The average Bonchev–Trinajstić information content (AvgIpc) is 2.84. The number of halogens is 1. The third kappa shape index (κ3) is 5.12. The lowest BCUT2D eigenvalue weighted by Gasteiger charge is -2.28. The molecule has 1 aliphatic rings. The molecule has 0 aliphatic carbocycles. The maximum atomic E-state index is 13.2. The summed E-state index contributed by atoms with van der Waals surface area (Å²) in [6, 6.07) is 17.4. The molecule has 3 aromatic rings. The molecule has 0 bridgehead atoms. The first-order valence-electron chi connectivity index (χ1n) is 10.8. The van der Waals surface area contributed by atoms with Gasteiger partial charge < -0.3 is 9.47 Å². The molecule has 1 saturated heterocycles. The van der Waals surface area contributed by atoms with Gasteiger partial charge in [-0.3, -0.25) is 14.9 Å². The molecule has 1 fully saturated rings. The van der Waals surface area contributed by atoms with Crippen molar-refractivity contribution in [3.63, 3.8) is 0 Å². The standard InChI is InChI=1S/C27H23BrN2O5/c1-16-5-4-6-22(17(16)2)30-26(32)21(25(31)29-27(30)33)13-19-9-12-23(24(14-19)34-3)35-15-18-7-10-20(28)11-8-18/h4-14H,15H2,1-3H3,(H,29,31,33)/b21-13+. The van der Waals surface area contributed by atoms with Crippen LogP contribution in [-0.2, 0) is 16.2 Å². The number of ether oxygens (including phenoxy) is 2. The van der Waals surface area contributed by atoms with Crippen molar-refractivity contribution >= 4 is 45.5 Å². The van der Waals surface area contributed by atoms with E-state index in [1.54, 1.807) is 30.3 Å². The molecule has 0 spiro atoms. The van der Waals surface area contributed by atoms with Gasteiger partial charge in [-0.2, -0.15) is 0 Å². The number of nitrogens with one attached hydrogen (secondary N) is 1. The van der Waals surface area contributed by atoms with Crippen LogP contribution in [0.3, 0.4) is 0 Å². The zero-order valence-corrected chi connectivity index (χ0v) is 21.0. The van der Waals surface area contributed by atoms with Crippen molar-refractivity contribution in [2.45, 2.75) is 20.5 Å². The Morgan fingerprint density at radius 3 is 2.43 bits per heavy atom. The van der Waals surface area contributed by atoms with Gasteiger partial charge in [0.05, 0.1) is 12.8 Å². The van der Waals surface area contributed by atoms with Gasteiger partial charge in [-0.05, 0) is 72.5 Å². The van der Waals surface area contributed by atoms with Gasteiger partial charge in [-0.1, -0.05) is 46.3 Å². The second-order valence-corrected chi connectivity index (χ2v) is 8.92. The highest BCUT2D eigenvalue weighted by Crippen LogP contribution is 2.31. The van der Waals surface area contributed by atoms with Crippen LogP contribution in [0.2, 0.25) is 0 Å². The molecule has 8 heteroatoms. The molecule has 4 rings (SSSR count). The number of hydrogen-bond donors (Lipinski definition) is 1. The molecular weight excluding hydrogens is 512 g/mol. The smallest absolute Gasteiger partial charge is 0.335 e. The Labute approximate surface area is 211 Å². The van der Waals surface area contributed by atoms with E-state index in [0.717, 1.165) is 26.1 Å². The summed E-state index contributed by atoms with van der Waals surface area (Å²) in [5.41, 5.74) is 3.51. The van der Waals surface area contributed by atoms with Gasteiger partial charge in [0.2, 0.25) is 0 Å². The second-order valence-electron chi connectivity index (χ2n) is 8.00. The second kappa shape index (κ2) is 10.1. The van der Waals surface area contributed by atoms with E-state index < -0.39 is 17.8 Å². The SMILES string of the molecule is COc1cc(/C=C2\C(=O)NC(=O)N(c3cccc(C)c3C)C2=O)ccc1OCc1ccc(Br)cc1. The van der Waals surface area contributed by atoms with Gasteiger partial charge in [-0.15, -0.1) is 0 Å². The van der Waals surface area contributed by atoms with Gasteiger partial charge in [0, 0.05) is 4.47 Å². The summed E-state index contributed by atoms with van der Waals surface area (Å²) in [6.45, 7) is 4.06. The highest BCUT2D eigenvalue weighted by atomic mass is 79.9. The van der Waals surface area contributed by atoms with Crippen molar-refractivity contribution in [1.82, 2.24) is 5.32 Å². The molecule has 0 aromatic heterocycles. The zero-order valence-electron chi connectivity index (χ0n) is 19.4. The topological polar surface area (TPSA) is 84.9 Å². The Hall–Kier alpha value is -3.91. The molecule has 0 saturated carbocycles. The van der Waals surface area contributed by atoms with Crippen molar-refractivity contribution in [3.8, 4) is 11.5 Å². The number of carbonyl (C=O) groups is 3. The number of imide groups is 2. The number of methoxy groups -OCH3 is 1. The summed E-state index contributed by atoms with van der Waals surface area (Å²) in [5, 5.41) is 2.26. The van der Waals surface area contributed by atoms with E-state index in [0.29, 0.717) is 29.4 Å². The third-order valence-corrected chi connectivity index (χ3v) is 6.25. The first kappa shape index (κ1) is 24.2. The third-order valence-electron chi connectivity index (χ3n) is 5.72. The maximum absolute atomic E-state index is 13.2. The molecule has 3 aromatic carbocycles. The summed E-state index contributed by atoms with van der Waals surface area (Å²) >= 11 is 3.41. The lowest BCUT2D eigenvalue weighted by Crippen LogP contribution is -2.54. The Morgan fingerprint density at radius 2 is 1.71 bits per heavy atom. The number of carbonyl (C=O) groups excluding carboxylic acids is 3. The highest BCUT2D eigenvalue weighted by molar-refractivity contribution is 9.10. The lowest BCUT2D eigenvalue weighted by atomic mass is 10.0. The Bertz CT molecular complexity index is 1350. The summed E-state index contributed by atoms with van der Waals surface area (Å²) in [4.78, 5) is 39.3. The van der Waals surface area contributed by atoms with E-state index >= 15 is 0 Å². The number of amides is 4. The number of urea groups is 1. The lowest BCUT2D eigenvalue weighted by molar-refractivity contribution is -0.122. The van der Waals surface area contributed by atoms with Crippen molar-refractivity contribution in [3.05, 3.63) is 93.0 Å². The molecule has 1 aliphatic heterocycles. The normalized spacial score (nSPS) is 14.8. The van der Waals surface area contributed by atoms with E-state index in [1.165, 1.54) is 13.2 Å². The van der Waals surface area contributed by atoms with Crippen molar-refractivity contribution in [2.24, 2.45) is 0 Å². The van der Waals surface area contributed by atoms with Crippen molar-refractivity contribution in [1.29, 1.82) is 0 Å². The minimum absolute atomic E-state index is 0.156. The van der Waals surface area contributed by atoms with E-state index in [1.807, 2.05) is 44.2 Å². The molecule has 1 N–H and O–H groups in total. The summed E-state index contributed by atoms with van der Waals surface area (Å²) in [6.07, 6.45) is 1.43. The fraction of sp³-hybridized carbons (Fsp3) is 0.148. The highest BCUT2D eigenvalue weighted by Gasteiger charge is 2.37. The zero-order chi connectivity index (χ0) is 25.1. The van der Waals surface area contributed by atoms with Gasteiger partial charge >= 0.3 is 6.03 Å². The van der Waals surface area contributed by atoms with E-state index in [9.17, 15) is 14.4 Å². The van der Waals surface area contributed by atoms with E-state index in [4.69, 9.17) is 9.47 Å². The number of nitrogens with zero attached hydrogens (tertiary/aromatic N) is 1. The van der Waals surface area contributed by atoms with E-state index in [2.05, 4.69) is 21.2 Å². The van der Waals surface area contributed by atoms with Crippen LogP contribution in [0.15, 0.2) is 70.7 Å². The summed E-state index contributed by atoms with van der Waals surface area (Å²) < 4.78 is 12.3. The minimum Gasteiger partial charge on any atom is -0.493 e. The van der Waals surface area contributed by atoms with Crippen LogP contribution in [0.4, 0.5) is 10.5 Å². The fourth-order valence-corrected chi connectivity index (χ4v) is 3.92. The quantitative estimate of drug-likeness (QED) is 0.341. The van der Waals surface area contributed by atoms with Crippen LogP contribution >= 0.6 is 15.9 Å². The first-order valence-corrected chi connectivity index (χ1v) is 11.6. The van der Waals surface area contributed by atoms with Gasteiger partial charge in [0.1, 0.15) is 12.2 Å². The molecule has 0 atom stereocenters. The monoisotopic (exact) mass is 534 g/mol. The number of benzene rings is 3. The molecule has 0 unspecified atom stereocenters. The van der Waals surface area contributed by atoms with Crippen LogP contribution in [0.25, 0.3) is 6.08 Å². The van der Waals surface area contributed by atoms with Crippen molar-refractivity contribution < 1.29 is 23.9 Å². The first-order chi connectivity index (χ1) is 16.8. The van der Waals surface area contributed by atoms with Crippen molar-refractivity contribution in [2.75, 3.05) is 12.0 Å². The van der Waals surface area contributed by atoms with Crippen LogP contribution in [0, 0.1) is 13.8 Å². The molecule has 0 radical (unpaired) electrons. The summed E-state index contributed by atoms with van der Waals surface area (Å²) in [5.74, 6) is -0.482. The Balaban J connectivity index is 1.61. The van der Waals surface area contributed by atoms with Crippen LogP contribution in [0.5, 0.6) is 11.5 Å². The molecule has 1 heterocycles. The minimum atomic E-state index is -0.778. The molecular formula is C27H23BrN2O5. The molecule has 4 amide bonds. The number of barbiturate groups is 1. The van der Waals surface area contributed by atoms with Crippen LogP contribution in [0.1, 0.15) is 22.3 Å². The molecule has 7 nitrogen and oxygen atoms in total. The van der Waals surface area contributed by atoms with Gasteiger partial charge in [0.15, 0.2) is 11.5 Å². The molecule has 178 valence electrons. The number of rotatable bonds is 6. The number of anilines is 1.